The van der Waals surface area contributed by atoms with E-state index in [1.165, 1.54) is 20.3 Å². The smallest absolute Gasteiger partial charge is 0.139 e. The van der Waals surface area contributed by atoms with Crippen LogP contribution in [0.2, 0.25) is 0 Å². The van der Waals surface area contributed by atoms with E-state index >= 15 is 0 Å². The minimum atomic E-state index is -0.207. The lowest BCUT2D eigenvalue weighted by Gasteiger charge is -2.32. The van der Waals surface area contributed by atoms with Crippen LogP contribution in [0.1, 0.15) is 67.1 Å². The van der Waals surface area contributed by atoms with E-state index in [-0.39, 0.29) is 58.0 Å². The van der Waals surface area contributed by atoms with Gasteiger partial charge in [0.2, 0.25) is 0 Å². The van der Waals surface area contributed by atoms with Crippen molar-refractivity contribution in [2.75, 3.05) is 21.3 Å². The molecule has 294 valence electrons. The number of rotatable bonds is 6. The van der Waals surface area contributed by atoms with E-state index in [1.807, 2.05) is 58.9 Å². The summed E-state index contributed by atoms with van der Waals surface area (Å²) in [5.74, 6) is 0.758. The number of nitrogens with one attached hydrogen (secondary N) is 1. The highest BCUT2D eigenvalue weighted by molar-refractivity contribution is 6.15. The zero-order valence-electron chi connectivity index (χ0n) is 33.7. The number of phenolic OH excluding ortho intramolecular Hbond substituents is 5. The van der Waals surface area contributed by atoms with E-state index in [0.717, 1.165) is 33.5 Å². The molecule has 6 aromatic rings. The van der Waals surface area contributed by atoms with Crippen molar-refractivity contribution in [2.45, 2.75) is 72.5 Å². The van der Waals surface area contributed by atoms with Crippen LogP contribution in [0.3, 0.4) is 0 Å². The Bertz CT molecular complexity index is 2720. The van der Waals surface area contributed by atoms with Crippen molar-refractivity contribution < 1.29 is 39.7 Å². The number of ether oxygens (including phenoxy) is 3. The molecule has 0 saturated carbocycles. The van der Waals surface area contributed by atoms with Crippen LogP contribution in [0.25, 0.3) is 54.9 Å². The lowest BCUT2D eigenvalue weighted by molar-refractivity contribution is 0.402. The molecule has 2 heterocycles. The molecule has 3 atom stereocenters. The standard InChI is InChI=1S/C47H48N2O8/c1-20-10-27-29(41-33-15-23(4)49-25(6)40(33)35(51)19-36(41)52)17-31(45(53)43(27)37(12-20)55-7)32-18-30(28-11-21(2)13-38(56-8)44(28)46(32)54)42-34(50)16-26-14-22(3)48-24(5)39(26)47(42)57-9/h10-13,16-19,22-23,25,49-54H,14-15H2,1-9H3/t22-,23-,25?/m1/s1. The molecule has 6 N–H and O–H groups in total. The zero-order valence-corrected chi connectivity index (χ0v) is 33.7. The number of nitrogens with zero attached hydrogens (tertiary/aromatic N) is 1. The predicted molar refractivity (Wildman–Crippen MR) is 225 cm³/mol. The number of aromatic hydroxyl groups is 5. The highest BCUT2D eigenvalue weighted by atomic mass is 16.5. The summed E-state index contributed by atoms with van der Waals surface area (Å²) in [6, 6.07) is 14.0. The molecule has 10 heteroatoms. The molecule has 57 heavy (non-hydrogen) atoms. The Morgan fingerprint density at radius 2 is 1.14 bits per heavy atom. The molecule has 0 bridgehead atoms. The molecular formula is C47H48N2O8. The number of hydrogen-bond donors (Lipinski definition) is 6. The number of fused-ring (bicyclic) bond motifs is 4. The van der Waals surface area contributed by atoms with Gasteiger partial charge in [-0.3, -0.25) is 4.99 Å². The fourth-order valence-electron chi connectivity index (χ4n) is 9.49. The molecule has 2 aliphatic rings. The van der Waals surface area contributed by atoms with Crippen LogP contribution in [-0.2, 0) is 12.8 Å². The van der Waals surface area contributed by atoms with Crippen molar-refractivity contribution in [1.82, 2.24) is 5.32 Å². The molecule has 0 fully saturated rings. The minimum absolute atomic E-state index is 0.0102. The van der Waals surface area contributed by atoms with Gasteiger partial charge in [-0.2, -0.15) is 0 Å². The summed E-state index contributed by atoms with van der Waals surface area (Å²) in [6.07, 6.45) is 1.14. The van der Waals surface area contributed by atoms with E-state index in [0.29, 0.717) is 79.5 Å². The third-order valence-electron chi connectivity index (χ3n) is 11.7. The van der Waals surface area contributed by atoms with Gasteiger partial charge in [0.05, 0.1) is 43.7 Å². The van der Waals surface area contributed by atoms with Crippen molar-refractivity contribution in [3.63, 3.8) is 0 Å². The monoisotopic (exact) mass is 768 g/mol. The normalized spacial score (nSPS) is 17.6. The van der Waals surface area contributed by atoms with Gasteiger partial charge in [0.1, 0.15) is 46.0 Å². The SMILES string of the molecule is COc1c2c(cc(O)c1-c1cc(-c3cc(-c4c(O)cc(O)c5c4C[C@@H](C)NC5C)c4cc(C)cc(OC)c4c3O)c(O)c3c(OC)cc(C)cc13)C[C@@H](C)N=C2C. The van der Waals surface area contributed by atoms with E-state index in [1.54, 1.807) is 25.3 Å². The fraction of sp³-hybridized carbons (Fsp3) is 0.298. The maximum absolute atomic E-state index is 12.5. The average Bonchev–Trinajstić information content (AvgIpc) is 3.14. The van der Waals surface area contributed by atoms with E-state index in [9.17, 15) is 25.5 Å². The first-order chi connectivity index (χ1) is 27.2. The first-order valence-electron chi connectivity index (χ1n) is 19.2. The van der Waals surface area contributed by atoms with Gasteiger partial charge in [0, 0.05) is 51.7 Å². The molecule has 6 aromatic carbocycles. The van der Waals surface area contributed by atoms with Gasteiger partial charge in [-0.15, -0.1) is 0 Å². The summed E-state index contributed by atoms with van der Waals surface area (Å²) in [4.78, 5) is 4.84. The Balaban J connectivity index is 1.55. The second kappa shape index (κ2) is 13.8. The summed E-state index contributed by atoms with van der Waals surface area (Å²) in [5.41, 5.74) is 8.16. The van der Waals surface area contributed by atoms with E-state index in [4.69, 9.17) is 19.2 Å². The Kier molecular flexibility index (Phi) is 9.15. The molecule has 0 spiro atoms. The second-order valence-electron chi connectivity index (χ2n) is 15.7. The largest absolute Gasteiger partial charge is 0.507 e. The van der Waals surface area contributed by atoms with Crippen LogP contribution in [0, 0.1) is 13.8 Å². The highest BCUT2D eigenvalue weighted by Gasteiger charge is 2.33. The molecule has 0 saturated heterocycles. The number of aliphatic imine (C=N–C) groups is 1. The van der Waals surface area contributed by atoms with Crippen LogP contribution < -0.4 is 19.5 Å². The van der Waals surface area contributed by atoms with Gasteiger partial charge in [0.15, 0.2) is 0 Å². The van der Waals surface area contributed by atoms with Gasteiger partial charge >= 0.3 is 0 Å². The summed E-state index contributed by atoms with van der Waals surface area (Å²) in [6.45, 7) is 11.9. The van der Waals surface area contributed by atoms with Crippen molar-refractivity contribution in [3.8, 4) is 79.4 Å². The van der Waals surface area contributed by atoms with E-state index in [2.05, 4.69) is 12.2 Å². The van der Waals surface area contributed by atoms with Crippen molar-refractivity contribution in [3.05, 3.63) is 81.9 Å². The van der Waals surface area contributed by atoms with Crippen molar-refractivity contribution in [1.29, 1.82) is 0 Å². The molecular weight excluding hydrogens is 721 g/mol. The van der Waals surface area contributed by atoms with Crippen LogP contribution in [-0.4, -0.2) is 64.7 Å². The maximum Gasteiger partial charge on any atom is 0.139 e. The average molecular weight is 769 g/mol. The molecule has 1 unspecified atom stereocenters. The summed E-state index contributed by atoms with van der Waals surface area (Å²) in [7, 11) is 4.63. The molecule has 2 aliphatic heterocycles. The lowest BCUT2D eigenvalue weighted by atomic mass is 9.81. The van der Waals surface area contributed by atoms with Gasteiger partial charge < -0.3 is 45.1 Å². The molecule has 0 aliphatic carbocycles. The van der Waals surface area contributed by atoms with Gasteiger partial charge in [-0.25, -0.2) is 0 Å². The van der Waals surface area contributed by atoms with Gasteiger partial charge in [-0.05, 0) is 129 Å². The fourth-order valence-corrected chi connectivity index (χ4v) is 9.49. The van der Waals surface area contributed by atoms with Crippen LogP contribution >= 0.6 is 0 Å². The van der Waals surface area contributed by atoms with Gasteiger partial charge in [-0.1, -0.05) is 12.1 Å². The van der Waals surface area contributed by atoms with E-state index < -0.39 is 0 Å². The first kappa shape index (κ1) is 37.8. The third kappa shape index (κ3) is 5.84. The number of methoxy groups -OCH3 is 3. The zero-order chi connectivity index (χ0) is 40.8. The predicted octanol–water partition coefficient (Wildman–Crippen LogP) is 9.51. The Labute approximate surface area is 331 Å². The van der Waals surface area contributed by atoms with Crippen LogP contribution in [0.4, 0.5) is 0 Å². The number of aryl methyl sites for hydroxylation is 2. The van der Waals surface area contributed by atoms with Crippen LogP contribution in [0.15, 0.2) is 53.5 Å². The number of hydrogen-bond acceptors (Lipinski definition) is 10. The second-order valence-corrected chi connectivity index (χ2v) is 15.7. The van der Waals surface area contributed by atoms with Gasteiger partial charge in [0.25, 0.3) is 0 Å². The number of benzene rings is 6. The maximum atomic E-state index is 12.5. The van der Waals surface area contributed by atoms with Crippen molar-refractivity contribution >= 4 is 27.3 Å². The molecule has 0 amide bonds. The quantitative estimate of drug-likeness (QED) is 0.0973. The summed E-state index contributed by atoms with van der Waals surface area (Å²) < 4.78 is 18.0. The highest BCUT2D eigenvalue weighted by Crippen LogP contribution is 2.56. The Morgan fingerprint density at radius 3 is 1.68 bits per heavy atom. The molecule has 0 aromatic heterocycles. The molecule has 8 rings (SSSR count). The Morgan fingerprint density at radius 1 is 0.596 bits per heavy atom. The molecule has 0 radical (unpaired) electrons. The summed E-state index contributed by atoms with van der Waals surface area (Å²) >= 11 is 0. The van der Waals surface area contributed by atoms with Crippen molar-refractivity contribution in [2.24, 2.45) is 4.99 Å². The van der Waals surface area contributed by atoms with Crippen LogP contribution in [0.5, 0.6) is 46.0 Å². The summed E-state index contributed by atoms with van der Waals surface area (Å²) in [5, 5.41) is 65.3. The topological polar surface area (TPSA) is 153 Å². The Hall–Kier alpha value is -6.13. The third-order valence-corrected chi connectivity index (χ3v) is 11.7. The molecule has 10 nitrogen and oxygen atoms in total. The number of phenols is 5. The minimum Gasteiger partial charge on any atom is -0.507 e. The first-order valence-corrected chi connectivity index (χ1v) is 19.2. The lowest BCUT2D eigenvalue weighted by Crippen LogP contribution is -2.36.